The Morgan fingerprint density at radius 2 is 2.04 bits per heavy atom. The number of aryl methyl sites for hydroxylation is 2. The Labute approximate surface area is 154 Å². The van der Waals surface area contributed by atoms with Crippen molar-refractivity contribution in [2.75, 3.05) is 13.1 Å². The van der Waals surface area contributed by atoms with Crippen molar-refractivity contribution in [3.8, 4) is 0 Å². The van der Waals surface area contributed by atoms with Gasteiger partial charge in [0.1, 0.15) is 5.69 Å². The van der Waals surface area contributed by atoms with E-state index in [1.54, 1.807) is 6.92 Å². The Morgan fingerprint density at radius 1 is 1.31 bits per heavy atom. The molecule has 1 saturated heterocycles. The van der Waals surface area contributed by atoms with Crippen LogP contribution in [-0.4, -0.2) is 44.0 Å². The summed E-state index contributed by atoms with van der Waals surface area (Å²) in [5, 5.41) is 17.6. The quantitative estimate of drug-likeness (QED) is 0.863. The molecule has 6 heteroatoms. The lowest BCUT2D eigenvalue weighted by Crippen LogP contribution is -2.39. The lowest BCUT2D eigenvalue weighted by molar-refractivity contribution is -0.132. The average Bonchev–Trinajstić information content (AvgIpc) is 3.10. The molecule has 1 aliphatic heterocycles. The third-order valence-corrected chi connectivity index (χ3v) is 5.27. The van der Waals surface area contributed by atoms with Gasteiger partial charge in [0.2, 0.25) is 5.91 Å². The molecule has 1 fully saturated rings. The summed E-state index contributed by atoms with van der Waals surface area (Å²) in [6, 6.07) is 8.27. The van der Waals surface area contributed by atoms with Gasteiger partial charge in [-0.1, -0.05) is 29.5 Å². The molecule has 0 bridgehead atoms. The first-order valence-corrected chi connectivity index (χ1v) is 9.43. The van der Waals surface area contributed by atoms with Crippen LogP contribution in [0.2, 0.25) is 0 Å². The van der Waals surface area contributed by atoms with E-state index >= 15 is 0 Å². The SMILES string of the molecule is Cc1ccccc1CCC(=O)N1CCC(Cn2cc([C@@H](C)O)nn2)CC1. The summed E-state index contributed by atoms with van der Waals surface area (Å²) in [5.74, 6) is 0.753. The number of amides is 1. The molecule has 3 rings (SSSR count). The number of aromatic nitrogens is 3. The zero-order chi connectivity index (χ0) is 18.5. The van der Waals surface area contributed by atoms with E-state index in [0.717, 1.165) is 38.9 Å². The van der Waals surface area contributed by atoms with Gasteiger partial charge in [-0.25, -0.2) is 0 Å². The van der Waals surface area contributed by atoms with Crippen molar-refractivity contribution < 1.29 is 9.90 Å². The maximum Gasteiger partial charge on any atom is 0.222 e. The molecule has 0 spiro atoms. The smallest absolute Gasteiger partial charge is 0.222 e. The van der Waals surface area contributed by atoms with Crippen molar-refractivity contribution in [3.63, 3.8) is 0 Å². The molecule has 1 aromatic heterocycles. The molecule has 1 aromatic carbocycles. The number of likely N-dealkylation sites (tertiary alicyclic amines) is 1. The molecule has 1 amide bonds. The molecule has 1 N–H and O–H groups in total. The lowest BCUT2D eigenvalue weighted by atomic mass is 9.96. The highest BCUT2D eigenvalue weighted by Crippen LogP contribution is 2.20. The highest BCUT2D eigenvalue weighted by Gasteiger charge is 2.23. The molecule has 2 heterocycles. The summed E-state index contributed by atoms with van der Waals surface area (Å²) in [5.41, 5.74) is 3.12. The summed E-state index contributed by atoms with van der Waals surface area (Å²) >= 11 is 0. The predicted molar refractivity (Wildman–Crippen MR) is 99.5 cm³/mol. The molecule has 2 aromatic rings. The van der Waals surface area contributed by atoms with Gasteiger partial charge in [0.25, 0.3) is 0 Å². The van der Waals surface area contributed by atoms with Crippen LogP contribution in [0.15, 0.2) is 30.5 Å². The van der Waals surface area contributed by atoms with Crippen molar-refractivity contribution in [2.45, 2.75) is 52.2 Å². The monoisotopic (exact) mass is 356 g/mol. The number of carbonyl (C=O) groups is 1. The van der Waals surface area contributed by atoms with E-state index in [9.17, 15) is 9.90 Å². The number of hydrogen-bond donors (Lipinski definition) is 1. The van der Waals surface area contributed by atoms with E-state index in [1.165, 1.54) is 11.1 Å². The minimum absolute atomic E-state index is 0.254. The molecule has 6 nitrogen and oxygen atoms in total. The second-order valence-electron chi connectivity index (χ2n) is 7.29. The van der Waals surface area contributed by atoms with Gasteiger partial charge < -0.3 is 10.0 Å². The van der Waals surface area contributed by atoms with Gasteiger partial charge in [-0.15, -0.1) is 5.10 Å². The first-order valence-electron chi connectivity index (χ1n) is 9.43. The van der Waals surface area contributed by atoms with E-state index in [0.29, 0.717) is 18.0 Å². The van der Waals surface area contributed by atoms with Crippen LogP contribution in [0.5, 0.6) is 0 Å². The molecule has 0 radical (unpaired) electrons. The summed E-state index contributed by atoms with van der Waals surface area (Å²) in [7, 11) is 0. The number of aliphatic hydroxyl groups excluding tert-OH is 1. The summed E-state index contributed by atoms with van der Waals surface area (Å²) in [6.07, 6.45) is 4.59. The standard InChI is InChI=1S/C20H28N4O2/c1-15-5-3-4-6-18(15)7-8-20(26)23-11-9-17(10-12-23)13-24-14-19(16(2)25)21-22-24/h3-6,14,16-17,25H,7-13H2,1-2H3/t16-/m1/s1. The molecule has 1 aliphatic rings. The zero-order valence-corrected chi connectivity index (χ0v) is 15.6. The van der Waals surface area contributed by atoms with Gasteiger partial charge in [-0.3, -0.25) is 9.48 Å². The molecule has 0 saturated carbocycles. The summed E-state index contributed by atoms with van der Waals surface area (Å²) in [4.78, 5) is 14.5. The van der Waals surface area contributed by atoms with E-state index < -0.39 is 6.10 Å². The van der Waals surface area contributed by atoms with Crippen LogP contribution in [0.25, 0.3) is 0 Å². The predicted octanol–water partition coefficient (Wildman–Crippen LogP) is 2.51. The number of carbonyl (C=O) groups excluding carboxylic acids is 1. The number of rotatable bonds is 6. The van der Waals surface area contributed by atoms with Crippen LogP contribution in [0.1, 0.15) is 49.1 Å². The molecule has 1 atom stereocenters. The molecule has 0 unspecified atom stereocenters. The second-order valence-corrected chi connectivity index (χ2v) is 7.29. The normalized spacial score (nSPS) is 16.7. The van der Waals surface area contributed by atoms with E-state index in [2.05, 4.69) is 29.4 Å². The highest BCUT2D eigenvalue weighted by molar-refractivity contribution is 5.76. The minimum Gasteiger partial charge on any atom is -0.387 e. The van der Waals surface area contributed by atoms with Crippen LogP contribution in [0.3, 0.4) is 0 Å². The van der Waals surface area contributed by atoms with E-state index in [-0.39, 0.29) is 5.91 Å². The van der Waals surface area contributed by atoms with Crippen molar-refractivity contribution in [1.82, 2.24) is 19.9 Å². The van der Waals surface area contributed by atoms with Crippen LogP contribution >= 0.6 is 0 Å². The largest absolute Gasteiger partial charge is 0.387 e. The topological polar surface area (TPSA) is 71.2 Å². The van der Waals surface area contributed by atoms with E-state index in [1.807, 2.05) is 27.9 Å². The van der Waals surface area contributed by atoms with Crippen LogP contribution < -0.4 is 0 Å². The number of aliphatic hydroxyl groups is 1. The number of piperidine rings is 1. The summed E-state index contributed by atoms with van der Waals surface area (Å²) in [6.45, 7) is 6.21. The van der Waals surface area contributed by atoms with Crippen molar-refractivity contribution in [3.05, 3.63) is 47.3 Å². The summed E-state index contributed by atoms with van der Waals surface area (Å²) < 4.78 is 1.81. The molecular formula is C20H28N4O2. The first kappa shape index (κ1) is 18.6. The van der Waals surface area contributed by atoms with Gasteiger partial charge in [0.05, 0.1) is 12.3 Å². The molecular weight excluding hydrogens is 328 g/mol. The average molecular weight is 356 g/mol. The van der Waals surface area contributed by atoms with Gasteiger partial charge in [-0.05, 0) is 50.2 Å². The van der Waals surface area contributed by atoms with Crippen LogP contribution in [0.4, 0.5) is 0 Å². The van der Waals surface area contributed by atoms with Gasteiger partial charge in [-0.2, -0.15) is 0 Å². The Bertz CT molecular complexity index is 733. The zero-order valence-electron chi connectivity index (χ0n) is 15.6. The van der Waals surface area contributed by atoms with Crippen molar-refractivity contribution in [1.29, 1.82) is 0 Å². The maximum absolute atomic E-state index is 12.5. The molecule has 0 aliphatic carbocycles. The van der Waals surface area contributed by atoms with Crippen LogP contribution in [0, 0.1) is 12.8 Å². The Kier molecular flexibility index (Phi) is 6.04. The third kappa shape index (κ3) is 4.69. The van der Waals surface area contributed by atoms with Gasteiger partial charge in [0.15, 0.2) is 0 Å². The second kappa shape index (κ2) is 8.45. The minimum atomic E-state index is -0.587. The van der Waals surface area contributed by atoms with Crippen LogP contribution in [-0.2, 0) is 17.8 Å². The van der Waals surface area contributed by atoms with E-state index in [4.69, 9.17) is 0 Å². The first-order chi connectivity index (χ1) is 12.5. The Hall–Kier alpha value is -2.21. The van der Waals surface area contributed by atoms with Gasteiger partial charge in [0, 0.05) is 26.1 Å². The highest BCUT2D eigenvalue weighted by atomic mass is 16.3. The fourth-order valence-electron chi connectivity index (χ4n) is 3.51. The molecule has 26 heavy (non-hydrogen) atoms. The fourth-order valence-corrected chi connectivity index (χ4v) is 3.51. The third-order valence-electron chi connectivity index (χ3n) is 5.27. The van der Waals surface area contributed by atoms with Crippen molar-refractivity contribution in [2.24, 2.45) is 5.92 Å². The number of nitrogens with zero attached hydrogens (tertiary/aromatic N) is 4. The fraction of sp³-hybridized carbons (Fsp3) is 0.550. The Morgan fingerprint density at radius 3 is 2.69 bits per heavy atom. The van der Waals surface area contributed by atoms with Crippen molar-refractivity contribution >= 4 is 5.91 Å². The number of benzene rings is 1. The maximum atomic E-state index is 12.5. The molecule has 140 valence electrons. The number of hydrogen-bond acceptors (Lipinski definition) is 4. The Balaban J connectivity index is 1.44. The lowest BCUT2D eigenvalue weighted by Gasteiger charge is -2.32. The van der Waals surface area contributed by atoms with Gasteiger partial charge >= 0.3 is 0 Å².